The fourth-order valence-electron chi connectivity index (χ4n) is 4.31. The first-order chi connectivity index (χ1) is 15.7. The Balaban J connectivity index is 2.00. The van der Waals surface area contributed by atoms with E-state index in [-0.39, 0.29) is 5.91 Å². The second kappa shape index (κ2) is 10.8. The number of imidazole rings is 1. The molecule has 3 N–H and O–H groups in total. The first-order valence-electron chi connectivity index (χ1n) is 12.0. The minimum absolute atomic E-state index is 0.0784. The summed E-state index contributed by atoms with van der Waals surface area (Å²) in [6.45, 7) is 15.6. The molecule has 0 atom stereocenters. The van der Waals surface area contributed by atoms with Gasteiger partial charge in [-0.15, -0.1) is 0 Å². The van der Waals surface area contributed by atoms with Crippen molar-refractivity contribution in [2.24, 2.45) is 17.6 Å². The van der Waals surface area contributed by atoms with Gasteiger partial charge in [0.2, 0.25) is 5.95 Å². The summed E-state index contributed by atoms with van der Waals surface area (Å²) >= 11 is 0. The maximum absolute atomic E-state index is 13.4. The van der Waals surface area contributed by atoms with Crippen molar-refractivity contribution in [3.05, 3.63) is 53.1 Å². The minimum atomic E-state index is 0.0784. The number of nitrogens with zero attached hydrogens (tertiary/aromatic N) is 3. The number of aryl methyl sites for hydroxylation is 3. The van der Waals surface area contributed by atoms with Crippen molar-refractivity contribution >= 4 is 28.6 Å². The van der Waals surface area contributed by atoms with E-state index in [1.807, 2.05) is 23.1 Å². The Kier molecular flexibility index (Phi) is 8.14. The second-order valence-corrected chi connectivity index (χ2v) is 9.93. The smallest absolute Gasteiger partial charge is 0.253 e. The molecule has 0 saturated carbocycles. The summed E-state index contributed by atoms with van der Waals surface area (Å²) in [6, 6.07) is 12.2. The van der Waals surface area contributed by atoms with Gasteiger partial charge in [-0.05, 0) is 80.1 Å². The van der Waals surface area contributed by atoms with Crippen LogP contribution in [0.5, 0.6) is 0 Å². The molecule has 1 aromatic heterocycles. The number of nitrogens with one attached hydrogen (secondary N) is 1. The largest absolute Gasteiger partial charge is 0.338 e. The molecule has 3 rings (SSSR count). The van der Waals surface area contributed by atoms with Gasteiger partial charge in [0.05, 0.1) is 11.0 Å². The van der Waals surface area contributed by atoms with Crippen molar-refractivity contribution in [2.75, 3.05) is 25.0 Å². The maximum atomic E-state index is 13.4. The van der Waals surface area contributed by atoms with Crippen LogP contribution < -0.4 is 11.1 Å². The lowest BCUT2D eigenvalue weighted by molar-refractivity contribution is 0.0715. The summed E-state index contributed by atoms with van der Waals surface area (Å²) in [4.78, 5) is 20.2. The SMILES string of the molecule is Cc1cc(C)cc(Nc2nc3ccc(C(=O)N(CC(C)C)CC(C)C)cc3n2CCCN)c1. The normalized spacial score (nSPS) is 11.5. The van der Waals surface area contributed by atoms with Crippen LogP contribution >= 0.6 is 0 Å². The molecule has 0 spiro atoms. The zero-order valence-electron chi connectivity index (χ0n) is 21.0. The van der Waals surface area contributed by atoms with Gasteiger partial charge in [0, 0.05) is 30.9 Å². The molecule has 0 aliphatic heterocycles. The lowest BCUT2D eigenvalue weighted by Gasteiger charge is -2.26. The summed E-state index contributed by atoms with van der Waals surface area (Å²) < 4.78 is 2.14. The van der Waals surface area contributed by atoms with Crippen LogP contribution in [0.25, 0.3) is 11.0 Å². The lowest BCUT2D eigenvalue weighted by Crippen LogP contribution is -2.37. The predicted molar refractivity (Wildman–Crippen MR) is 138 cm³/mol. The van der Waals surface area contributed by atoms with E-state index >= 15 is 0 Å². The van der Waals surface area contributed by atoms with E-state index in [2.05, 4.69) is 69.6 Å². The Hall–Kier alpha value is -2.86. The maximum Gasteiger partial charge on any atom is 0.253 e. The molecule has 33 heavy (non-hydrogen) atoms. The number of carbonyl (C=O) groups excluding carboxylic acids is 1. The molecule has 0 bridgehead atoms. The Morgan fingerprint density at radius 1 is 1.03 bits per heavy atom. The van der Waals surface area contributed by atoms with Gasteiger partial charge in [0.1, 0.15) is 0 Å². The molecule has 0 aliphatic rings. The first-order valence-corrected chi connectivity index (χ1v) is 12.0. The molecular formula is C27H39N5O. The summed E-state index contributed by atoms with van der Waals surface area (Å²) in [7, 11) is 0. The van der Waals surface area contributed by atoms with Crippen molar-refractivity contribution in [1.29, 1.82) is 0 Å². The average Bonchev–Trinajstić information content (AvgIpc) is 3.05. The van der Waals surface area contributed by atoms with E-state index in [1.54, 1.807) is 0 Å². The highest BCUT2D eigenvalue weighted by Crippen LogP contribution is 2.26. The summed E-state index contributed by atoms with van der Waals surface area (Å²) in [5, 5.41) is 3.49. The third-order valence-electron chi connectivity index (χ3n) is 5.52. The Morgan fingerprint density at radius 3 is 2.24 bits per heavy atom. The molecule has 1 heterocycles. The van der Waals surface area contributed by atoms with Crippen LogP contribution in [0.4, 0.5) is 11.6 Å². The van der Waals surface area contributed by atoms with Crippen LogP contribution in [-0.2, 0) is 6.54 Å². The summed E-state index contributed by atoms with van der Waals surface area (Å²) in [5.41, 5.74) is 11.8. The van der Waals surface area contributed by atoms with Crippen molar-refractivity contribution < 1.29 is 4.79 Å². The van der Waals surface area contributed by atoms with Crippen LogP contribution in [-0.4, -0.2) is 40.0 Å². The van der Waals surface area contributed by atoms with Crippen LogP contribution in [0.2, 0.25) is 0 Å². The molecule has 0 aliphatic carbocycles. The molecule has 3 aromatic rings. The number of fused-ring (bicyclic) bond motifs is 1. The number of hydrogen-bond acceptors (Lipinski definition) is 4. The van der Waals surface area contributed by atoms with E-state index < -0.39 is 0 Å². The molecule has 0 saturated heterocycles. The van der Waals surface area contributed by atoms with Gasteiger partial charge in [-0.2, -0.15) is 0 Å². The highest BCUT2D eigenvalue weighted by molar-refractivity contribution is 5.98. The zero-order chi connectivity index (χ0) is 24.1. The monoisotopic (exact) mass is 449 g/mol. The molecule has 1 amide bonds. The Labute approximate surface area is 198 Å². The second-order valence-electron chi connectivity index (χ2n) is 9.93. The van der Waals surface area contributed by atoms with Gasteiger partial charge in [0.25, 0.3) is 5.91 Å². The van der Waals surface area contributed by atoms with Crippen LogP contribution in [0.3, 0.4) is 0 Å². The summed E-state index contributed by atoms with van der Waals surface area (Å²) in [5.74, 6) is 1.68. The molecule has 178 valence electrons. The van der Waals surface area contributed by atoms with Crippen LogP contribution in [0, 0.1) is 25.7 Å². The highest BCUT2D eigenvalue weighted by atomic mass is 16.2. The number of nitrogens with two attached hydrogens (primary N) is 1. The van der Waals surface area contributed by atoms with Crippen molar-refractivity contribution in [3.8, 4) is 0 Å². The van der Waals surface area contributed by atoms with Gasteiger partial charge < -0.3 is 20.5 Å². The van der Waals surface area contributed by atoms with Gasteiger partial charge in [0.15, 0.2) is 0 Å². The first kappa shape index (κ1) is 24.8. The van der Waals surface area contributed by atoms with E-state index in [1.165, 1.54) is 11.1 Å². The Bertz CT molecular complexity index is 1070. The van der Waals surface area contributed by atoms with Crippen molar-refractivity contribution in [2.45, 2.75) is 54.5 Å². The fourth-order valence-corrected chi connectivity index (χ4v) is 4.31. The van der Waals surface area contributed by atoms with Gasteiger partial charge in [-0.1, -0.05) is 33.8 Å². The van der Waals surface area contributed by atoms with E-state index in [0.717, 1.165) is 48.7 Å². The van der Waals surface area contributed by atoms with E-state index in [0.29, 0.717) is 23.9 Å². The fraction of sp³-hybridized carbons (Fsp3) is 0.481. The molecule has 0 radical (unpaired) electrons. The highest BCUT2D eigenvalue weighted by Gasteiger charge is 2.20. The number of rotatable bonds is 10. The number of anilines is 2. The Morgan fingerprint density at radius 2 is 1.67 bits per heavy atom. The van der Waals surface area contributed by atoms with Crippen LogP contribution in [0.15, 0.2) is 36.4 Å². The topological polar surface area (TPSA) is 76.2 Å². The van der Waals surface area contributed by atoms with Gasteiger partial charge in [-0.25, -0.2) is 4.98 Å². The lowest BCUT2D eigenvalue weighted by atomic mass is 10.1. The van der Waals surface area contributed by atoms with Crippen molar-refractivity contribution in [3.63, 3.8) is 0 Å². The standard InChI is InChI=1S/C27H39N5O/c1-18(2)16-31(17-19(3)4)26(33)22-8-9-24-25(15-22)32(11-7-10-28)27(30-24)29-23-13-20(5)12-21(6)14-23/h8-9,12-15,18-19H,7,10-11,16-17,28H2,1-6H3,(H,29,30). The molecule has 2 aromatic carbocycles. The van der Waals surface area contributed by atoms with Gasteiger partial charge in [-0.3, -0.25) is 4.79 Å². The number of aromatic nitrogens is 2. The quantitative estimate of drug-likeness (QED) is 0.428. The molecular weight excluding hydrogens is 410 g/mol. The van der Waals surface area contributed by atoms with E-state index in [4.69, 9.17) is 10.7 Å². The minimum Gasteiger partial charge on any atom is -0.338 e. The van der Waals surface area contributed by atoms with Crippen LogP contribution in [0.1, 0.15) is 55.6 Å². The molecule has 0 unspecified atom stereocenters. The number of hydrogen-bond donors (Lipinski definition) is 2. The third kappa shape index (κ3) is 6.35. The van der Waals surface area contributed by atoms with Gasteiger partial charge >= 0.3 is 0 Å². The molecule has 6 heteroatoms. The number of carbonyl (C=O) groups is 1. The predicted octanol–water partition coefficient (Wildman–Crippen LogP) is 5.50. The number of benzene rings is 2. The molecule has 0 fully saturated rings. The summed E-state index contributed by atoms with van der Waals surface area (Å²) in [6.07, 6.45) is 0.831. The third-order valence-corrected chi connectivity index (χ3v) is 5.52. The number of amides is 1. The van der Waals surface area contributed by atoms with Crippen molar-refractivity contribution in [1.82, 2.24) is 14.5 Å². The zero-order valence-corrected chi connectivity index (χ0v) is 21.0. The molecule has 6 nitrogen and oxygen atoms in total. The van der Waals surface area contributed by atoms with E-state index in [9.17, 15) is 4.79 Å². The average molecular weight is 450 g/mol.